The van der Waals surface area contributed by atoms with Crippen LogP contribution in [0.2, 0.25) is 0 Å². The zero-order valence-corrected chi connectivity index (χ0v) is 8.03. The van der Waals surface area contributed by atoms with E-state index in [1.165, 1.54) is 0 Å². The van der Waals surface area contributed by atoms with Crippen LogP contribution >= 0.6 is 0 Å². The van der Waals surface area contributed by atoms with E-state index >= 15 is 0 Å². The van der Waals surface area contributed by atoms with Crippen LogP contribution in [-0.2, 0) is 0 Å². The van der Waals surface area contributed by atoms with Crippen molar-refractivity contribution >= 4 is 11.4 Å². The number of nitrogens with one attached hydrogen (secondary N) is 1. The second-order valence-corrected chi connectivity index (χ2v) is 2.81. The van der Waals surface area contributed by atoms with E-state index in [0.717, 1.165) is 17.1 Å². The fourth-order valence-corrected chi connectivity index (χ4v) is 1.07. The number of hydrogen-bond acceptors (Lipinski definition) is 2. The second-order valence-electron chi connectivity index (χ2n) is 2.81. The van der Waals surface area contributed by atoms with Gasteiger partial charge in [-0.05, 0) is 30.4 Å². The molecule has 0 spiro atoms. The zero-order chi connectivity index (χ0) is 10.4. The fraction of sp³-hybridized carbons (Fsp3) is 0. The third-order valence-corrected chi connectivity index (χ3v) is 1.69. The lowest BCUT2D eigenvalue weighted by atomic mass is 10.2. The molecule has 0 bridgehead atoms. The van der Waals surface area contributed by atoms with Crippen LogP contribution in [0.3, 0.4) is 0 Å². The zero-order valence-electron chi connectivity index (χ0n) is 8.03. The summed E-state index contributed by atoms with van der Waals surface area (Å²) in [5.41, 5.74) is 8.21. The molecule has 3 N–H and O–H groups in total. The average molecular weight is 186 g/mol. The number of hydrogen-bond donors (Lipinski definition) is 2. The van der Waals surface area contributed by atoms with Gasteiger partial charge in [-0.25, -0.2) is 0 Å². The van der Waals surface area contributed by atoms with Gasteiger partial charge >= 0.3 is 0 Å². The molecule has 0 fully saturated rings. The number of nitrogen functional groups attached to an aromatic ring is 1. The van der Waals surface area contributed by atoms with Crippen LogP contribution < -0.4 is 11.1 Å². The van der Waals surface area contributed by atoms with Gasteiger partial charge in [-0.15, -0.1) is 0 Å². The molecule has 0 heterocycles. The molecular formula is C12H14N2. The Labute approximate surface area is 84.4 Å². The highest BCUT2D eigenvalue weighted by Crippen LogP contribution is 2.14. The third kappa shape index (κ3) is 2.83. The first-order valence-corrected chi connectivity index (χ1v) is 4.34. The highest BCUT2D eigenvalue weighted by molar-refractivity contribution is 5.58. The van der Waals surface area contributed by atoms with E-state index in [9.17, 15) is 0 Å². The Balaban J connectivity index is 2.82. The molecule has 0 aromatic heterocycles. The summed E-state index contributed by atoms with van der Waals surface area (Å²) < 4.78 is 0. The Morgan fingerprint density at radius 1 is 1.36 bits per heavy atom. The van der Waals surface area contributed by atoms with Gasteiger partial charge in [-0.1, -0.05) is 25.3 Å². The molecule has 0 amide bonds. The molecule has 1 aromatic rings. The van der Waals surface area contributed by atoms with E-state index < -0.39 is 0 Å². The van der Waals surface area contributed by atoms with Crippen LogP contribution in [0, 0.1) is 0 Å². The van der Waals surface area contributed by atoms with E-state index in [1.54, 1.807) is 12.2 Å². The molecule has 2 nitrogen and oxygen atoms in total. The molecular weight excluding hydrogens is 172 g/mol. The van der Waals surface area contributed by atoms with Crippen molar-refractivity contribution in [2.24, 2.45) is 0 Å². The smallest absolute Gasteiger partial charge is 0.0404 e. The predicted molar refractivity (Wildman–Crippen MR) is 63.0 cm³/mol. The molecule has 0 aliphatic carbocycles. The van der Waals surface area contributed by atoms with Crippen molar-refractivity contribution in [3.05, 3.63) is 61.3 Å². The van der Waals surface area contributed by atoms with Gasteiger partial charge in [-0.3, -0.25) is 0 Å². The van der Waals surface area contributed by atoms with Crippen LogP contribution in [-0.4, -0.2) is 0 Å². The lowest BCUT2D eigenvalue weighted by Gasteiger charge is -2.06. The largest absolute Gasteiger partial charge is 0.399 e. The maximum absolute atomic E-state index is 5.64. The summed E-state index contributed by atoms with van der Waals surface area (Å²) in [6, 6.07) is 7.54. The Hall–Kier alpha value is -1.96. The van der Waals surface area contributed by atoms with Crippen LogP contribution in [0.15, 0.2) is 61.3 Å². The van der Waals surface area contributed by atoms with Gasteiger partial charge in [0.05, 0.1) is 0 Å². The van der Waals surface area contributed by atoms with Crippen molar-refractivity contribution in [2.45, 2.75) is 0 Å². The van der Waals surface area contributed by atoms with Gasteiger partial charge in [0, 0.05) is 17.1 Å². The summed E-state index contributed by atoms with van der Waals surface area (Å²) >= 11 is 0. The third-order valence-electron chi connectivity index (χ3n) is 1.69. The molecule has 0 saturated heterocycles. The van der Waals surface area contributed by atoms with Crippen LogP contribution in [0.4, 0.5) is 11.4 Å². The Morgan fingerprint density at radius 2 is 2.14 bits per heavy atom. The topological polar surface area (TPSA) is 38.0 Å². The van der Waals surface area contributed by atoms with Crippen molar-refractivity contribution in [1.82, 2.24) is 0 Å². The van der Waals surface area contributed by atoms with Crippen LogP contribution in [0.25, 0.3) is 0 Å². The number of anilines is 2. The van der Waals surface area contributed by atoms with Gasteiger partial charge in [-0.2, -0.15) is 0 Å². The quantitative estimate of drug-likeness (QED) is 0.560. The van der Waals surface area contributed by atoms with Crippen molar-refractivity contribution < 1.29 is 0 Å². The number of nitrogens with two attached hydrogens (primary N) is 1. The van der Waals surface area contributed by atoms with Gasteiger partial charge in [0.25, 0.3) is 0 Å². The summed E-state index contributed by atoms with van der Waals surface area (Å²) in [6.07, 6.45) is 5.28. The normalized spacial score (nSPS) is 10.7. The molecule has 0 atom stereocenters. The number of allylic oxidation sites excluding steroid dienone is 3. The van der Waals surface area contributed by atoms with Gasteiger partial charge < -0.3 is 11.1 Å². The fourth-order valence-electron chi connectivity index (χ4n) is 1.07. The van der Waals surface area contributed by atoms with Gasteiger partial charge in [0.15, 0.2) is 0 Å². The lowest BCUT2D eigenvalue weighted by molar-refractivity contribution is 1.48. The van der Waals surface area contributed by atoms with Crippen LogP contribution in [0.5, 0.6) is 0 Å². The Bertz CT molecular complexity index is 364. The standard InChI is InChI=1S/C12H14N2/c1-3-6-11(4-2)14-12-8-5-7-10(13)9-12/h3-9,14H,1-2,13H2/b11-6+. The van der Waals surface area contributed by atoms with Gasteiger partial charge in [0.1, 0.15) is 0 Å². The predicted octanol–water partition coefficient (Wildman–Crippen LogP) is 2.94. The lowest BCUT2D eigenvalue weighted by Crippen LogP contribution is -1.96. The minimum atomic E-state index is 0.733. The summed E-state index contributed by atoms with van der Waals surface area (Å²) in [6.45, 7) is 7.31. The molecule has 1 rings (SSSR count). The molecule has 0 aliphatic heterocycles. The van der Waals surface area contributed by atoms with E-state index in [-0.39, 0.29) is 0 Å². The van der Waals surface area contributed by atoms with E-state index in [1.807, 2.05) is 30.3 Å². The van der Waals surface area contributed by atoms with E-state index in [4.69, 9.17) is 5.73 Å². The molecule has 0 aliphatic rings. The molecule has 0 unspecified atom stereocenters. The second kappa shape index (κ2) is 4.92. The highest BCUT2D eigenvalue weighted by atomic mass is 14.9. The molecule has 0 saturated carbocycles. The summed E-state index contributed by atoms with van der Waals surface area (Å²) in [4.78, 5) is 0. The number of benzene rings is 1. The monoisotopic (exact) mass is 186 g/mol. The van der Waals surface area contributed by atoms with Gasteiger partial charge in [0.2, 0.25) is 0 Å². The summed E-state index contributed by atoms with van der Waals surface area (Å²) in [5.74, 6) is 0. The number of rotatable bonds is 4. The molecule has 0 radical (unpaired) electrons. The van der Waals surface area contributed by atoms with Crippen LogP contribution in [0.1, 0.15) is 0 Å². The van der Waals surface area contributed by atoms with E-state index in [2.05, 4.69) is 18.5 Å². The molecule has 2 heteroatoms. The Kier molecular flexibility index (Phi) is 3.56. The van der Waals surface area contributed by atoms with Crippen molar-refractivity contribution in [3.63, 3.8) is 0 Å². The summed E-state index contributed by atoms with van der Waals surface area (Å²) in [5, 5.41) is 3.16. The maximum atomic E-state index is 5.64. The first kappa shape index (κ1) is 10.1. The first-order chi connectivity index (χ1) is 6.76. The minimum Gasteiger partial charge on any atom is -0.399 e. The van der Waals surface area contributed by atoms with Crippen molar-refractivity contribution in [3.8, 4) is 0 Å². The highest BCUT2D eigenvalue weighted by Gasteiger charge is 1.93. The molecule has 72 valence electrons. The molecule has 14 heavy (non-hydrogen) atoms. The average Bonchev–Trinajstić information content (AvgIpc) is 2.17. The Morgan fingerprint density at radius 3 is 2.71 bits per heavy atom. The SMILES string of the molecule is C=C/C=C(\C=C)Nc1cccc(N)c1. The maximum Gasteiger partial charge on any atom is 0.0404 e. The summed E-state index contributed by atoms with van der Waals surface area (Å²) in [7, 11) is 0. The van der Waals surface area contributed by atoms with E-state index in [0.29, 0.717) is 0 Å². The molecule has 1 aromatic carbocycles. The van der Waals surface area contributed by atoms with Crippen molar-refractivity contribution in [1.29, 1.82) is 0 Å². The van der Waals surface area contributed by atoms with Crippen molar-refractivity contribution in [2.75, 3.05) is 11.1 Å². The first-order valence-electron chi connectivity index (χ1n) is 4.34. The minimum absolute atomic E-state index is 0.733.